The van der Waals surface area contributed by atoms with Gasteiger partial charge in [0.15, 0.2) is 0 Å². The molecule has 3 rings (SSSR count). The average Bonchev–Trinajstić information content (AvgIpc) is 2.95. The van der Waals surface area contributed by atoms with Crippen LogP contribution in [0.2, 0.25) is 0 Å². The van der Waals surface area contributed by atoms with E-state index in [1.54, 1.807) is 6.20 Å². The lowest BCUT2D eigenvalue weighted by Crippen LogP contribution is -2.29. The molecular weight excluding hydrogens is 323 g/mol. The van der Waals surface area contributed by atoms with Crippen LogP contribution in [-0.2, 0) is 11.3 Å². The van der Waals surface area contributed by atoms with Crippen LogP contribution in [0.4, 0.5) is 13.2 Å². The minimum atomic E-state index is -2.97. The molecule has 0 bridgehead atoms. The Hall–Kier alpha value is -2.84. The smallest absolute Gasteiger partial charge is 0.289 e. The minimum absolute atomic E-state index is 0.0690. The van der Waals surface area contributed by atoms with Crippen LogP contribution < -0.4 is 5.32 Å². The van der Waals surface area contributed by atoms with E-state index in [0.29, 0.717) is 12.6 Å². The summed E-state index contributed by atoms with van der Waals surface area (Å²) in [5, 5.41) is 10.5. The first-order chi connectivity index (χ1) is 12.0. The molecule has 0 aliphatic carbocycles. The van der Waals surface area contributed by atoms with Crippen molar-refractivity contribution in [3.63, 3.8) is 0 Å². The van der Waals surface area contributed by atoms with Gasteiger partial charge in [0.25, 0.3) is 12.4 Å². The van der Waals surface area contributed by atoms with Gasteiger partial charge in [0, 0.05) is 12.7 Å². The van der Waals surface area contributed by atoms with Crippen LogP contribution in [0.5, 0.6) is 0 Å². The zero-order valence-electron chi connectivity index (χ0n) is 13.6. The maximum absolute atomic E-state index is 13.4. The van der Waals surface area contributed by atoms with E-state index in [9.17, 15) is 13.2 Å². The van der Waals surface area contributed by atoms with E-state index >= 15 is 0 Å². The Balaban J connectivity index is 1.78. The van der Waals surface area contributed by atoms with Crippen LogP contribution in [0.1, 0.15) is 26.0 Å². The highest BCUT2D eigenvalue weighted by atomic mass is 19.3. The maximum Gasteiger partial charge on any atom is 0.289 e. The fourth-order valence-electron chi connectivity index (χ4n) is 1.97. The SMILES string of the molecule is [3H]c1c(COC2=NC=C(C)CN2)nnn1-c1ccc(F)c(C(F)F)c1. The number of aliphatic imine (C=N–C) groups is 1. The fraction of sp³-hybridized carbons (Fsp3) is 0.267. The van der Waals surface area contributed by atoms with E-state index in [1.165, 1.54) is 6.07 Å². The van der Waals surface area contributed by atoms with E-state index in [1.807, 2.05) is 6.92 Å². The first-order valence-electron chi connectivity index (χ1n) is 7.55. The molecule has 6 nitrogen and oxygen atoms in total. The van der Waals surface area contributed by atoms with Gasteiger partial charge < -0.3 is 10.1 Å². The van der Waals surface area contributed by atoms with Gasteiger partial charge in [0.2, 0.25) is 0 Å². The summed E-state index contributed by atoms with van der Waals surface area (Å²) < 4.78 is 53.5. The number of ether oxygens (including phenoxy) is 1. The van der Waals surface area contributed by atoms with Gasteiger partial charge >= 0.3 is 0 Å². The number of nitrogens with one attached hydrogen (secondary N) is 1. The molecule has 2 aromatic rings. The molecule has 0 saturated heterocycles. The standard InChI is InChI=1S/C15H14F3N5O/c1-9-5-19-15(20-6-9)24-8-10-7-23(22-21-10)11-2-3-13(16)12(4-11)14(17)18/h2-5,7,14H,6,8H2,1H3,(H,19,20)/i7T. The van der Waals surface area contributed by atoms with Gasteiger partial charge in [-0.3, -0.25) is 0 Å². The third kappa shape index (κ3) is 3.55. The van der Waals surface area contributed by atoms with Crippen LogP contribution in [0.15, 0.2) is 41.1 Å². The highest BCUT2D eigenvalue weighted by molar-refractivity contribution is 5.75. The molecule has 126 valence electrons. The molecule has 0 radical (unpaired) electrons. The van der Waals surface area contributed by atoms with E-state index in [4.69, 9.17) is 6.11 Å². The Morgan fingerprint density at radius 1 is 1.46 bits per heavy atom. The molecule has 1 aliphatic heterocycles. The molecule has 24 heavy (non-hydrogen) atoms. The van der Waals surface area contributed by atoms with Crippen molar-refractivity contribution in [1.82, 2.24) is 20.3 Å². The van der Waals surface area contributed by atoms with E-state index in [2.05, 4.69) is 20.6 Å². The van der Waals surface area contributed by atoms with Gasteiger partial charge in [0.05, 0.1) is 18.8 Å². The summed E-state index contributed by atoms with van der Waals surface area (Å²) in [5.41, 5.74) is 0.601. The largest absolute Gasteiger partial charge is 0.458 e. The lowest BCUT2D eigenvalue weighted by Gasteiger charge is -2.13. The molecule has 1 aliphatic rings. The molecule has 0 amide bonds. The number of rotatable bonds is 4. The quantitative estimate of drug-likeness (QED) is 0.930. The highest BCUT2D eigenvalue weighted by Gasteiger charge is 2.15. The lowest BCUT2D eigenvalue weighted by atomic mass is 10.2. The summed E-state index contributed by atoms with van der Waals surface area (Å²) in [4.78, 5) is 4.04. The van der Waals surface area contributed by atoms with Gasteiger partial charge in [-0.2, -0.15) is 0 Å². The molecule has 1 N–H and O–H groups in total. The second-order valence-electron chi connectivity index (χ2n) is 5.12. The van der Waals surface area contributed by atoms with Gasteiger partial charge in [-0.1, -0.05) is 5.21 Å². The Morgan fingerprint density at radius 3 is 3.00 bits per heavy atom. The lowest BCUT2D eigenvalue weighted by molar-refractivity contribution is 0.146. The highest BCUT2D eigenvalue weighted by Crippen LogP contribution is 2.24. The summed E-state index contributed by atoms with van der Waals surface area (Å²) in [6.07, 6.45) is -1.45. The number of aromatic nitrogens is 3. The number of benzene rings is 1. The summed E-state index contributed by atoms with van der Waals surface area (Å²) in [6.45, 7) is 2.45. The first kappa shape index (κ1) is 14.7. The third-order valence-corrected chi connectivity index (χ3v) is 3.22. The second kappa shape index (κ2) is 6.73. The Labute approximate surface area is 137 Å². The Kier molecular flexibility index (Phi) is 4.13. The van der Waals surface area contributed by atoms with E-state index < -0.39 is 17.8 Å². The van der Waals surface area contributed by atoms with Gasteiger partial charge in [0.1, 0.15) is 18.1 Å². The van der Waals surface area contributed by atoms with Crippen LogP contribution in [0.25, 0.3) is 5.69 Å². The summed E-state index contributed by atoms with van der Waals surface area (Å²) >= 11 is 0. The Bertz CT molecular complexity index is 850. The number of hydrogen-bond acceptors (Lipinski definition) is 5. The molecule has 0 saturated carbocycles. The predicted molar refractivity (Wildman–Crippen MR) is 80.3 cm³/mol. The van der Waals surface area contributed by atoms with Gasteiger partial charge in [-0.05, 0) is 30.7 Å². The van der Waals surface area contributed by atoms with Crippen LogP contribution in [0.3, 0.4) is 0 Å². The van der Waals surface area contributed by atoms with Crippen molar-refractivity contribution in [3.05, 3.63) is 53.2 Å². The van der Waals surface area contributed by atoms with Crippen molar-refractivity contribution >= 4 is 6.02 Å². The van der Waals surface area contributed by atoms with Crippen molar-refractivity contribution in [3.8, 4) is 5.69 Å². The third-order valence-electron chi connectivity index (χ3n) is 3.22. The molecular formula is C15H14F3N5O. The second-order valence-corrected chi connectivity index (χ2v) is 5.12. The molecule has 1 aromatic carbocycles. The van der Waals surface area contributed by atoms with Crippen molar-refractivity contribution in [2.45, 2.75) is 20.0 Å². The Morgan fingerprint density at radius 2 is 2.29 bits per heavy atom. The summed E-state index contributed by atoms with van der Waals surface area (Å²) in [5.74, 6) is -1.02. The number of hydrogen-bond donors (Lipinski definition) is 1. The van der Waals surface area contributed by atoms with Gasteiger partial charge in [-0.15, -0.1) is 5.10 Å². The minimum Gasteiger partial charge on any atom is -0.458 e. The molecule has 0 fully saturated rings. The van der Waals surface area contributed by atoms with Crippen molar-refractivity contribution < 1.29 is 19.3 Å². The maximum atomic E-state index is 13.4. The normalized spacial score (nSPS) is 14.8. The van der Waals surface area contributed by atoms with E-state index in [0.717, 1.165) is 22.4 Å². The predicted octanol–water partition coefficient (Wildman–Crippen LogP) is 2.72. The molecule has 9 heteroatoms. The molecule has 0 spiro atoms. The molecule has 2 heterocycles. The summed E-state index contributed by atoms with van der Waals surface area (Å²) in [6, 6.07) is 3.39. The monoisotopic (exact) mass is 339 g/mol. The molecule has 1 aromatic heterocycles. The average molecular weight is 339 g/mol. The number of nitrogens with zero attached hydrogens (tertiary/aromatic N) is 4. The number of halogens is 3. The summed E-state index contributed by atoms with van der Waals surface area (Å²) in [7, 11) is 0. The zero-order valence-corrected chi connectivity index (χ0v) is 12.6. The van der Waals surface area contributed by atoms with Crippen molar-refractivity contribution in [2.24, 2.45) is 4.99 Å². The number of amidine groups is 1. The van der Waals surface area contributed by atoms with E-state index in [-0.39, 0.29) is 24.2 Å². The van der Waals surface area contributed by atoms with Crippen molar-refractivity contribution in [2.75, 3.05) is 6.54 Å². The zero-order chi connectivity index (χ0) is 18.0. The molecule has 0 unspecified atom stereocenters. The first-order valence-corrected chi connectivity index (χ1v) is 7.05. The fourth-order valence-corrected chi connectivity index (χ4v) is 1.97. The van der Waals surface area contributed by atoms with Crippen LogP contribution in [0, 0.1) is 5.82 Å². The van der Waals surface area contributed by atoms with Crippen LogP contribution in [-0.4, -0.2) is 27.6 Å². The van der Waals surface area contributed by atoms with Gasteiger partial charge in [-0.25, -0.2) is 22.8 Å². The topological polar surface area (TPSA) is 64.3 Å². The van der Waals surface area contributed by atoms with Crippen molar-refractivity contribution in [1.29, 1.82) is 0 Å². The molecule has 0 atom stereocenters. The number of alkyl halides is 2. The van der Waals surface area contributed by atoms with Crippen LogP contribution >= 0.6 is 0 Å².